The van der Waals surface area contributed by atoms with Crippen molar-refractivity contribution < 1.29 is 23.5 Å². The van der Waals surface area contributed by atoms with E-state index in [1.54, 1.807) is 48.5 Å². The Morgan fingerprint density at radius 1 is 0.882 bits per heavy atom. The smallest absolute Gasteiger partial charge is 0.250 e. The fraction of sp³-hybridized carbons (Fsp3) is 0.222. The lowest BCUT2D eigenvalue weighted by Gasteiger charge is -2.24. The van der Waals surface area contributed by atoms with Crippen molar-refractivity contribution >= 4 is 23.3 Å². The van der Waals surface area contributed by atoms with Crippen molar-refractivity contribution in [3.8, 4) is 11.5 Å². The van der Waals surface area contributed by atoms with Crippen LogP contribution in [0.4, 0.5) is 10.1 Å². The molecular formula is C27H25FN2O4. The Morgan fingerprint density at radius 2 is 1.53 bits per heavy atom. The molecule has 4 rings (SSSR count). The van der Waals surface area contributed by atoms with Crippen LogP contribution in [-0.4, -0.2) is 30.2 Å². The molecule has 174 valence electrons. The number of ether oxygens (including phenoxy) is 1. The number of benzene rings is 3. The van der Waals surface area contributed by atoms with E-state index in [2.05, 4.69) is 5.32 Å². The second-order valence-electron chi connectivity index (χ2n) is 8.06. The molecule has 0 aliphatic carbocycles. The van der Waals surface area contributed by atoms with E-state index < -0.39 is 11.9 Å². The predicted octanol–water partition coefficient (Wildman–Crippen LogP) is 4.89. The summed E-state index contributed by atoms with van der Waals surface area (Å²) in [5.41, 5.74) is 0.940. The summed E-state index contributed by atoms with van der Waals surface area (Å²) in [5.74, 6) is -0.330. The normalized spacial score (nSPS) is 15.0. The van der Waals surface area contributed by atoms with E-state index in [-0.39, 0.29) is 30.3 Å². The highest BCUT2D eigenvalue weighted by atomic mass is 19.1. The molecule has 0 radical (unpaired) electrons. The fourth-order valence-electron chi connectivity index (χ4n) is 3.85. The SMILES string of the molecule is O=C(CCC(=O)N(C(=O)C1CCCN1)c1ccc(Oc2ccc(F)cc2)cc1)c1ccccc1. The van der Waals surface area contributed by atoms with Crippen LogP contribution in [0.5, 0.6) is 11.5 Å². The second-order valence-corrected chi connectivity index (χ2v) is 8.06. The maximum Gasteiger partial charge on any atom is 0.250 e. The van der Waals surface area contributed by atoms with Gasteiger partial charge in [-0.15, -0.1) is 0 Å². The van der Waals surface area contributed by atoms with Gasteiger partial charge in [-0.2, -0.15) is 0 Å². The lowest BCUT2D eigenvalue weighted by molar-refractivity contribution is -0.127. The summed E-state index contributed by atoms with van der Waals surface area (Å²) in [6.07, 6.45) is 1.43. The molecule has 1 aliphatic rings. The van der Waals surface area contributed by atoms with Crippen molar-refractivity contribution in [1.29, 1.82) is 0 Å². The van der Waals surface area contributed by atoms with Crippen molar-refractivity contribution in [3.05, 3.63) is 90.2 Å². The quantitative estimate of drug-likeness (QED) is 0.485. The standard InChI is InChI=1S/C27H25FN2O4/c28-20-8-12-22(13-9-20)34-23-14-10-21(11-15-23)30(27(33)24-7-4-18-29-24)26(32)17-16-25(31)19-5-2-1-3-6-19/h1-3,5-6,8-15,24,29H,4,7,16-18H2. The summed E-state index contributed by atoms with van der Waals surface area (Å²) >= 11 is 0. The molecule has 0 bridgehead atoms. The molecular weight excluding hydrogens is 435 g/mol. The lowest BCUT2D eigenvalue weighted by atomic mass is 10.1. The second kappa shape index (κ2) is 10.9. The third kappa shape index (κ3) is 5.74. The zero-order valence-corrected chi connectivity index (χ0v) is 18.6. The summed E-state index contributed by atoms with van der Waals surface area (Å²) in [6, 6.07) is 20.5. The Hall–Kier alpha value is -3.84. The van der Waals surface area contributed by atoms with Gasteiger partial charge in [-0.3, -0.25) is 14.4 Å². The maximum atomic E-state index is 13.2. The zero-order chi connectivity index (χ0) is 23.9. The number of carbonyl (C=O) groups excluding carboxylic acids is 3. The third-order valence-electron chi connectivity index (χ3n) is 5.63. The minimum atomic E-state index is -0.441. The number of anilines is 1. The molecule has 1 unspecified atom stereocenters. The number of imide groups is 1. The van der Waals surface area contributed by atoms with E-state index in [0.717, 1.165) is 17.9 Å². The largest absolute Gasteiger partial charge is 0.457 e. The van der Waals surface area contributed by atoms with Crippen molar-refractivity contribution in [2.24, 2.45) is 0 Å². The topological polar surface area (TPSA) is 75.7 Å². The van der Waals surface area contributed by atoms with E-state index in [1.165, 1.54) is 24.3 Å². The number of ketones is 1. The molecule has 1 atom stereocenters. The van der Waals surface area contributed by atoms with Gasteiger partial charge in [0.05, 0.1) is 11.7 Å². The highest BCUT2D eigenvalue weighted by Gasteiger charge is 2.32. The molecule has 1 N–H and O–H groups in total. The van der Waals surface area contributed by atoms with Crippen molar-refractivity contribution in [2.45, 2.75) is 31.7 Å². The number of hydrogen-bond acceptors (Lipinski definition) is 5. The van der Waals surface area contributed by atoms with Gasteiger partial charge in [0.15, 0.2) is 5.78 Å². The van der Waals surface area contributed by atoms with Gasteiger partial charge < -0.3 is 10.1 Å². The molecule has 6 nitrogen and oxygen atoms in total. The Bertz CT molecular complexity index is 1140. The Kier molecular flexibility index (Phi) is 7.44. The number of carbonyl (C=O) groups is 3. The van der Waals surface area contributed by atoms with Crippen LogP contribution >= 0.6 is 0 Å². The first-order valence-corrected chi connectivity index (χ1v) is 11.2. The lowest BCUT2D eigenvalue weighted by Crippen LogP contribution is -2.47. The van der Waals surface area contributed by atoms with Crippen LogP contribution in [0, 0.1) is 5.82 Å². The van der Waals surface area contributed by atoms with Crippen molar-refractivity contribution in [2.75, 3.05) is 11.4 Å². The van der Waals surface area contributed by atoms with Crippen LogP contribution in [-0.2, 0) is 9.59 Å². The molecule has 7 heteroatoms. The van der Waals surface area contributed by atoms with Crippen LogP contribution in [0.3, 0.4) is 0 Å². The first-order chi connectivity index (χ1) is 16.5. The van der Waals surface area contributed by atoms with Gasteiger partial charge in [-0.05, 0) is 67.9 Å². The molecule has 3 aromatic rings. The molecule has 0 saturated carbocycles. The van der Waals surface area contributed by atoms with Crippen LogP contribution in [0.2, 0.25) is 0 Å². The van der Waals surface area contributed by atoms with Crippen molar-refractivity contribution in [3.63, 3.8) is 0 Å². The number of rotatable bonds is 8. The van der Waals surface area contributed by atoms with Crippen LogP contribution < -0.4 is 15.0 Å². The van der Waals surface area contributed by atoms with Crippen LogP contribution in [0.15, 0.2) is 78.9 Å². The average Bonchev–Trinajstić information content (AvgIpc) is 3.41. The number of nitrogens with one attached hydrogen (secondary N) is 1. The molecule has 2 amide bonds. The molecule has 0 aromatic heterocycles. The number of Topliss-reactive ketones (excluding diaryl/α,β-unsaturated/α-hetero) is 1. The zero-order valence-electron chi connectivity index (χ0n) is 18.6. The molecule has 1 saturated heterocycles. The highest BCUT2D eigenvalue weighted by Crippen LogP contribution is 2.26. The third-order valence-corrected chi connectivity index (χ3v) is 5.63. The van der Waals surface area contributed by atoms with Gasteiger partial charge >= 0.3 is 0 Å². The molecule has 3 aromatic carbocycles. The Labute approximate surface area is 197 Å². The molecule has 0 spiro atoms. The summed E-state index contributed by atoms with van der Waals surface area (Å²) in [4.78, 5) is 40.0. The maximum absolute atomic E-state index is 13.2. The van der Waals surface area contributed by atoms with Gasteiger partial charge in [-0.25, -0.2) is 9.29 Å². The van der Waals surface area contributed by atoms with Crippen LogP contribution in [0.25, 0.3) is 0 Å². The molecule has 1 heterocycles. The monoisotopic (exact) mass is 460 g/mol. The number of amides is 2. The van der Waals surface area contributed by atoms with Crippen molar-refractivity contribution in [1.82, 2.24) is 5.32 Å². The molecule has 1 aliphatic heterocycles. The minimum Gasteiger partial charge on any atom is -0.457 e. The van der Waals surface area contributed by atoms with Gasteiger partial charge in [0.25, 0.3) is 5.91 Å². The van der Waals surface area contributed by atoms with Gasteiger partial charge in [0, 0.05) is 18.4 Å². The Balaban J connectivity index is 1.49. The summed E-state index contributed by atoms with van der Waals surface area (Å²) in [7, 11) is 0. The van der Waals surface area contributed by atoms with E-state index in [0.29, 0.717) is 29.2 Å². The summed E-state index contributed by atoms with van der Waals surface area (Å²) in [5, 5.41) is 3.14. The first kappa shape index (κ1) is 23.3. The van der Waals surface area contributed by atoms with E-state index in [1.807, 2.05) is 6.07 Å². The molecule has 1 fully saturated rings. The molecule has 34 heavy (non-hydrogen) atoms. The average molecular weight is 461 g/mol. The first-order valence-electron chi connectivity index (χ1n) is 11.2. The number of nitrogens with zero attached hydrogens (tertiary/aromatic N) is 1. The summed E-state index contributed by atoms with van der Waals surface area (Å²) in [6.45, 7) is 0.718. The van der Waals surface area contributed by atoms with E-state index >= 15 is 0 Å². The minimum absolute atomic E-state index is 0.0104. The summed E-state index contributed by atoms with van der Waals surface area (Å²) < 4.78 is 18.8. The fourth-order valence-corrected chi connectivity index (χ4v) is 3.85. The Morgan fingerprint density at radius 3 is 2.15 bits per heavy atom. The predicted molar refractivity (Wildman–Crippen MR) is 126 cm³/mol. The van der Waals surface area contributed by atoms with Crippen LogP contribution in [0.1, 0.15) is 36.0 Å². The highest BCUT2D eigenvalue weighted by molar-refractivity contribution is 6.17. The van der Waals surface area contributed by atoms with Gasteiger partial charge in [-0.1, -0.05) is 30.3 Å². The van der Waals surface area contributed by atoms with Gasteiger partial charge in [0.2, 0.25) is 5.91 Å². The van der Waals surface area contributed by atoms with E-state index in [9.17, 15) is 18.8 Å². The van der Waals surface area contributed by atoms with E-state index in [4.69, 9.17) is 4.74 Å². The number of halogens is 1. The number of hydrogen-bond donors (Lipinski definition) is 1. The van der Waals surface area contributed by atoms with Gasteiger partial charge in [0.1, 0.15) is 17.3 Å².